The van der Waals surface area contributed by atoms with Gasteiger partial charge in [-0.1, -0.05) is 13.8 Å². The summed E-state index contributed by atoms with van der Waals surface area (Å²) in [6.07, 6.45) is 3.13. The first kappa shape index (κ1) is 15.9. The van der Waals surface area contributed by atoms with Crippen molar-refractivity contribution in [3.05, 3.63) is 0 Å². The SMILES string of the molecule is CCN(CC)S(=O)(=O)N1CCC(CCNC)CC1. The molecule has 0 unspecified atom stereocenters. The first-order chi connectivity index (χ1) is 8.56. The molecule has 5 nitrogen and oxygen atoms in total. The highest BCUT2D eigenvalue weighted by molar-refractivity contribution is 7.86. The minimum atomic E-state index is -3.22. The fourth-order valence-corrected chi connectivity index (χ4v) is 4.14. The number of hydrogen-bond acceptors (Lipinski definition) is 3. The second kappa shape index (κ2) is 7.43. The molecule has 0 amide bonds. The van der Waals surface area contributed by atoms with Gasteiger partial charge in [-0.05, 0) is 38.8 Å². The largest absolute Gasteiger partial charge is 0.320 e. The van der Waals surface area contributed by atoms with Crippen molar-refractivity contribution >= 4 is 10.2 Å². The fourth-order valence-electron chi connectivity index (χ4n) is 2.49. The second-order valence-corrected chi connectivity index (χ2v) is 6.76. The molecule has 1 aliphatic heterocycles. The average molecular weight is 277 g/mol. The van der Waals surface area contributed by atoms with E-state index in [1.54, 1.807) is 8.61 Å². The Morgan fingerprint density at radius 1 is 1.22 bits per heavy atom. The highest BCUT2D eigenvalue weighted by Crippen LogP contribution is 2.23. The first-order valence-corrected chi connectivity index (χ1v) is 8.35. The van der Waals surface area contributed by atoms with Gasteiger partial charge in [0.15, 0.2) is 0 Å². The minimum Gasteiger partial charge on any atom is -0.320 e. The summed E-state index contributed by atoms with van der Waals surface area (Å²) >= 11 is 0. The highest BCUT2D eigenvalue weighted by Gasteiger charge is 2.31. The molecule has 1 heterocycles. The van der Waals surface area contributed by atoms with Crippen molar-refractivity contribution in [2.45, 2.75) is 33.1 Å². The van der Waals surface area contributed by atoms with Gasteiger partial charge in [-0.15, -0.1) is 0 Å². The Balaban J connectivity index is 2.51. The summed E-state index contributed by atoms with van der Waals surface area (Å²) in [7, 11) is -1.26. The van der Waals surface area contributed by atoms with E-state index < -0.39 is 10.2 Å². The van der Waals surface area contributed by atoms with Gasteiger partial charge in [0.2, 0.25) is 0 Å². The van der Waals surface area contributed by atoms with Crippen LogP contribution >= 0.6 is 0 Å². The van der Waals surface area contributed by atoms with Crippen LogP contribution in [0.15, 0.2) is 0 Å². The lowest BCUT2D eigenvalue weighted by atomic mass is 9.95. The van der Waals surface area contributed by atoms with E-state index in [9.17, 15) is 8.42 Å². The predicted molar refractivity (Wildman–Crippen MR) is 74.7 cm³/mol. The van der Waals surface area contributed by atoms with Gasteiger partial charge < -0.3 is 5.32 Å². The Labute approximate surface area is 112 Å². The zero-order valence-electron chi connectivity index (χ0n) is 11.9. The smallest absolute Gasteiger partial charge is 0.281 e. The molecule has 0 spiro atoms. The molecule has 1 aliphatic rings. The average Bonchev–Trinajstić information content (AvgIpc) is 2.38. The van der Waals surface area contributed by atoms with Gasteiger partial charge in [0.1, 0.15) is 0 Å². The molecule has 6 heteroatoms. The van der Waals surface area contributed by atoms with Gasteiger partial charge in [0.05, 0.1) is 0 Å². The van der Waals surface area contributed by atoms with Crippen molar-refractivity contribution in [1.29, 1.82) is 0 Å². The summed E-state index contributed by atoms with van der Waals surface area (Å²) in [6, 6.07) is 0. The van der Waals surface area contributed by atoms with Crippen LogP contribution in [0.1, 0.15) is 33.1 Å². The van der Waals surface area contributed by atoms with Gasteiger partial charge in [-0.25, -0.2) is 0 Å². The van der Waals surface area contributed by atoms with E-state index in [0.717, 1.165) is 25.8 Å². The summed E-state index contributed by atoms with van der Waals surface area (Å²) < 4.78 is 27.8. The lowest BCUT2D eigenvalue weighted by molar-refractivity contribution is 0.247. The molecule has 1 rings (SSSR count). The van der Waals surface area contributed by atoms with Crippen LogP contribution < -0.4 is 5.32 Å². The van der Waals surface area contributed by atoms with E-state index in [1.165, 1.54) is 0 Å². The molecule has 0 bridgehead atoms. The third-order valence-corrected chi connectivity index (χ3v) is 5.92. The van der Waals surface area contributed by atoms with Gasteiger partial charge in [0, 0.05) is 26.2 Å². The number of hydrogen-bond donors (Lipinski definition) is 1. The molecule has 0 aromatic rings. The van der Waals surface area contributed by atoms with Crippen molar-refractivity contribution in [3.63, 3.8) is 0 Å². The van der Waals surface area contributed by atoms with E-state index >= 15 is 0 Å². The number of rotatable bonds is 7. The van der Waals surface area contributed by atoms with Gasteiger partial charge in [0.25, 0.3) is 10.2 Å². The van der Waals surface area contributed by atoms with Crippen LogP contribution in [0.5, 0.6) is 0 Å². The van der Waals surface area contributed by atoms with E-state index in [1.807, 2.05) is 20.9 Å². The molecule has 0 aromatic heterocycles. The van der Waals surface area contributed by atoms with Crippen LogP contribution in [0.3, 0.4) is 0 Å². The van der Waals surface area contributed by atoms with Gasteiger partial charge >= 0.3 is 0 Å². The van der Waals surface area contributed by atoms with E-state index in [0.29, 0.717) is 32.1 Å². The Hall–Kier alpha value is -0.170. The molecule has 0 radical (unpaired) electrons. The molecule has 18 heavy (non-hydrogen) atoms. The van der Waals surface area contributed by atoms with Crippen LogP contribution in [0.4, 0.5) is 0 Å². The Kier molecular flexibility index (Phi) is 6.55. The van der Waals surface area contributed by atoms with Crippen LogP contribution in [0.25, 0.3) is 0 Å². The predicted octanol–water partition coefficient (Wildman–Crippen LogP) is 0.895. The Morgan fingerprint density at radius 3 is 2.22 bits per heavy atom. The molecule has 108 valence electrons. The normalized spacial score (nSPS) is 19.6. The molecule has 1 saturated heterocycles. The van der Waals surface area contributed by atoms with Crippen molar-refractivity contribution in [3.8, 4) is 0 Å². The first-order valence-electron chi connectivity index (χ1n) is 6.96. The van der Waals surface area contributed by atoms with Gasteiger partial charge in [-0.2, -0.15) is 17.0 Å². The lowest BCUT2D eigenvalue weighted by Crippen LogP contribution is -2.47. The molecular formula is C12H27N3O2S. The monoisotopic (exact) mass is 277 g/mol. The molecule has 1 fully saturated rings. The summed E-state index contributed by atoms with van der Waals surface area (Å²) in [5.74, 6) is 0.667. The third-order valence-electron chi connectivity index (χ3n) is 3.73. The molecule has 0 aromatic carbocycles. The molecule has 0 atom stereocenters. The number of nitrogens with zero attached hydrogens (tertiary/aromatic N) is 2. The van der Waals surface area contributed by atoms with Crippen molar-refractivity contribution in [1.82, 2.24) is 13.9 Å². The topological polar surface area (TPSA) is 52.7 Å². The molecular weight excluding hydrogens is 250 g/mol. The maximum Gasteiger partial charge on any atom is 0.281 e. The van der Waals surface area contributed by atoms with E-state index in [2.05, 4.69) is 5.32 Å². The summed E-state index contributed by atoms with van der Waals surface area (Å²) in [6.45, 7) is 7.26. The number of piperidine rings is 1. The Morgan fingerprint density at radius 2 is 1.78 bits per heavy atom. The Bertz CT molecular complexity index is 320. The third kappa shape index (κ3) is 3.91. The van der Waals surface area contributed by atoms with E-state index in [4.69, 9.17) is 0 Å². The molecule has 1 N–H and O–H groups in total. The van der Waals surface area contributed by atoms with Crippen LogP contribution in [-0.2, 0) is 10.2 Å². The summed E-state index contributed by atoms with van der Waals surface area (Å²) in [5, 5.41) is 3.15. The van der Waals surface area contributed by atoms with Crippen LogP contribution in [0, 0.1) is 5.92 Å². The van der Waals surface area contributed by atoms with Crippen molar-refractivity contribution < 1.29 is 8.42 Å². The minimum absolute atomic E-state index is 0.554. The number of nitrogens with one attached hydrogen (secondary N) is 1. The quantitative estimate of drug-likeness (QED) is 0.752. The van der Waals surface area contributed by atoms with Crippen molar-refractivity contribution in [2.75, 3.05) is 39.8 Å². The standard InChI is InChI=1S/C12H27N3O2S/c1-4-14(5-2)18(16,17)15-10-7-12(8-11-15)6-9-13-3/h12-13H,4-11H2,1-3H3. The maximum atomic E-state index is 12.3. The van der Waals surface area contributed by atoms with Gasteiger partial charge in [-0.3, -0.25) is 0 Å². The van der Waals surface area contributed by atoms with Crippen LogP contribution in [-0.4, -0.2) is 56.8 Å². The zero-order chi connectivity index (χ0) is 13.6. The fraction of sp³-hybridized carbons (Fsp3) is 1.00. The summed E-state index contributed by atoms with van der Waals surface area (Å²) in [5.41, 5.74) is 0. The van der Waals surface area contributed by atoms with E-state index in [-0.39, 0.29) is 0 Å². The van der Waals surface area contributed by atoms with Crippen molar-refractivity contribution in [2.24, 2.45) is 5.92 Å². The molecule has 0 saturated carbocycles. The summed E-state index contributed by atoms with van der Waals surface area (Å²) in [4.78, 5) is 0. The molecule has 0 aliphatic carbocycles. The highest BCUT2D eigenvalue weighted by atomic mass is 32.2. The van der Waals surface area contributed by atoms with Crippen LogP contribution in [0.2, 0.25) is 0 Å². The lowest BCUT2D eigenvalue weighted by Gasteiger charge is -2.34. The maximum absolute atomic E-state index is 12.3. The zero-order valence-corrected chi connectivity index (χ0v) is 12.7. The second-order valence-electron chi connectivity index (χ2n) is 4.83.